The first-order chi connectivity index (χ1) is 21.1. The average Bonchev–Trinajstić information content (AvgIpc) is 3.16. The van der Waals surface area contributed by atoms with E-state index in [1.165, 1.54) is 6.07 Å². The van der Waals surface area contributed by atoms with Crippen LogP contribution >= 0.6 is 0 Å². The van der Waals surface area contributed by atoms with Gasteiger partial charge in [0.15, 0.2) is 0 Å². The Kier molecular flexibility index (Phi) is 8.00. The van der Waals surface area contributed by atoms with Gasteiger partial charge in [-0.05, 0) is 46.5 Å². The summed E-state index contributed by atoms with van der Waals surface area (Å²) in [4.78, 5) is 26.7. The Balaban J connectivity index is 1.38. The monoisotopic (exact) mass is 568 g/mol. The Morgan fingerprint density at radius 2 is 1.19 bits per heavy atom. The minimum absolute atomic E-state index is 0.0943. The Hall–Kier alpha value is -5.62. The summed E-state index contributed by atoms with van der Waals surface area (Å²) in [5.41, 5.74) is 4.68. The molecule has 0 bridgehead atoms. The van der Waals surface area contributed by atoms with E-state index in [-0.39, 0.29) is 24.5 Å². The predicted octanol–water partition coefficient (Wildman–Crippen LogP) is 7.80. The molecule has 0 radical (unpaired) electrons. The van der Waals surface area contributed by atoms with Crippen molar-refractivity contribution in [2.45, 2.75) is 19.8 Å². The second-order valence-corrected chi connectivity index (χ2v) is 10.0. The number of esters is 2. The second-order valence-electron chi connectivity index (χ2n) is 10.0. The highest BCUT2D eigenvalue weighted by Gasteiger charge is 2.31. The van der Waals surface area contributed by atoms with Crippen LogP contribution < -0.4 is 14.2 Å². The third kappa shape index (κ3) is 6.19. The molecule has 0 aliphatic carbocycles. The maximum atomic E-state index is 13.4. The van der Waals surface area contributed by atoms with E-state index in [1.807, 2.05) is 91.0 Å². The molecule has 0 saturated heterocycles. The van der Waals surface area contributed by atoms with Crippen LogP contribution in [0.3, 0.4) is 0 Å². The number of hydrogen-bond acceptors (Lipinski definition) is 6. The van der Waals surface area contributed by atoms with Gasteiger partial charge >= 0.3 is 11.9 Å². The number of hydrogen-bond donors (Lipinski definition) is 0. The van der Waals surface area contributed by atoms with Crippen molar-refractivity contribution >= 4 is 17.5 Å². The molecule has 0 N–H and O–H groups in total. The molecular weight excluding hydrogens is 540 g/mol. The van der Waals surface area contributed by atoms with Gasteiger partial charge in [0.2, 0.25) is 0 Å². The highest BCUT2D eigenvalue weighted by Crippen LogP contribution is 2.45. The first-order valence-electron chi connectivity index (χ1n) is 13.8. The van der Waals surface area contributed by atoms with Gasteiger partial charge in [-0.2, -0.15) is 0 Å². The van der Waals surface area contributed by atoms with Crippen LogP contribution in [0.2, 0.25) is 0 Å². The fourth-order valence-corrected chi connectivity index (χ4v) is 4.89. The number of rotatable bonds is 9. The van der Waals surface area contributed by atoms with E-state index in [0.717, 1.165) is 16.7 Å². The third-order valence-electron chi connectivity index (χ3n) is 7.04. The van der Waals surface area contributed by atoms with Crippen molar-refractivity contribution in [3.63, 3.8) is 0 Å². The lowest BCUT2D eigenvalue weighted by atomic mass is 9.93. The van der Waals surface area contributed by atoms with Gasteiger partial charge in [0.05, 0.1) is 16.7 Å². The molecule has 5 aromatic carbocycles. The van der Waals surface area contributed by atoms with Crippen molar-refractivity contribution in [2.24, 2.45) is 0 Å². The highest BCUT2D eigenvalue weighted by molar-refractivity contribution is 6.05. The summed E-state index contributed by atoms with van der Waals surface area (Å²) in [5, 5.41) is 0. The first kappa shape index (κ1) is 27.5. The number of ether oxygens (including phenoxy) is 4. The minimum Gasteiger partial charge on any atom is -0.488 e. The van der Waals surface area contributed by atoms with Gasteiger partial charge in [0.1, 0.15) is 37.1 Å². The zero-order chi connectivity index (χ0) is 29.6. The van der Waals surface area contributed by atoms with Crippen LogP contribution in [-0.2, 0) is 24.6 Å². The second kappa shape index (κ2) is 12.5. The van der Waals surface area contributed by atoms with Gasteiger partial charge in [-0.15, -0.1) is 0 Å². The molecule has 0 saturated carbocycles. The van der Waals surface area contributed by atoms with Gasteiger partial charge in [-0.1, -0.05) is 104 Å². The molecule has 6 heteroatoms. The highest BCUT2D eigenvalue weighted by atomic mass is 16.5. The van der Waals surface area contributed by atoms with Crippen LogP contribution in [0.4, 0.5) is 0 Å². The lowest BCUT2D eigenvalue weighted by molar-refractivity contribution is 0.0470. The zero-order valence-corrected chi connectivity index (χ0v) is 23.3. The predicted molar refractivity (Wildman–Crippen MR) is 163 cm³/mol. The van der Waals surface area contributed by atoms with Crippen molar-refractivity contribution in [1.82, 2.24) is 0 Å². The van der Waals surface area contributed by atoms with Crippen molar-refractivity contribution < 1.29 is 28.5 Å². The van der Waals surface area contributed by atoms with Crippen molar-refractivity contribution in [1.29, 1.82) is 0 Å². The molecule has 0 spiro atoms. The van der Waals surface area contributed by atoms with Crippen molar-refractivity contribution in [2.75, 3.05) is 0 Å². The lowest BCUT2D eigenvalue weighted by Crippen LogP contribution is -2.11. The average molecular weight is 569 g/mol. The van der Waals surface area contributed by atoms with E-state index < -0.39 is 11.9 Å². The van der Waals surface area contributed by atoms with E-state index >= 15 is 0 Å². The molecule has 5 aromatic rings. The van der Waals surface area contributed by atoms with E-state index in [2.05, 4.69) is 6.58 Å². The van der Waals surface area contributed by atoms with Gasteiger partial charge in [0, 0.05) is 5.56 Å². The van der Waals surface area contributed by atoms with Crippen LogP contribution in [0, 0.1) is 0 Å². The molecular formula is C37H28O6. The number of carbonyl (C=O) groups excluding carboxylic acids is 2. The van der Waals surface area contributed by atoms with Crippen LogP contribution in [0.5, 0.6) is 17.2 Å². The molecule has 1 aliphatic heterocycles. The molecule has 1 aliphatic rings. The molecule has 0 aromatic heterocycles. The zero-order valence-electron chi connectivity index (χ0n) is 23.3. The molecule has 0 unspecified atom stereocenters. The smallest absolute Gasteiger partial charge is 0.344 e. The number of carbonyl (C=O) groups is 2. The standard InChI is InChI=1S/C37H28O6/c1-25-34-30(18-11-19-31(34)40-22-26-12-5-2-6-13-26)37(39)43-33-21-29(36(38)42-24-28-16-9-4-10-17-28)20-32(35(25)33)41-23-27-14-7-3-8-15-27/h2-21H,1,22-24H2. The summed E-state index contributed by atoms with van der Waals surface area (Å²) in [7, 11) is 0. The summed E-state index contributed by atoms with van der Waals surface area (Å²) in [6.45, 7) is 4.98. The summed E-state index contributed by atoms with van der Waals surface area (Å²) in [5.74, 6) is -0.208. The van der Waals surface area contributed by atoms with Crippen LogP contribution in [0.1, 0.15) is 48.5 Å². The summed E-state index contributed by atoms with van der Waals surface area (Å²) in [6.07, 6.45) is 0. The van der Waals surface area contributed by atoms with Gasteiger partial charge in [-0.3, -0.25) is 0 Å². The van der Waals surface area contributed by atoms with Crippen LogP contribution in [-0.4, -0.2) is 11.9 Å². The summed E-state index contributed by atoms with van der Waals surface area (Å²) >= 11 is 0. The molecule has 0 amide bonds. The van der Waals surface area contributed by atoms with Crippen LogP contribution in [0.15, 0.2) is 128 Å². The van der Waals surface area contributed by atoms with E-state index in [0.29, 0.717) is 40.4 Å². The largest absolute Gasteiger partial charge is 0.488 e. The molecule has 6 rings (SSSR count). The van der Waals surface area contributed by atoms with Gasteiger partial charge < -0.3 is 18.9 Å². The minimum atomic E-state index is -0.594. The maximum absolute atomic E-state index is 13.4. The fraction of sp³-hybridized carbons (Fsp3) is 0.0811. The Morgan fingerprint density at radius 3 is 1.79 bits per heavy atom. The Labute approximate surface area is 249 Å². The van der Waals surface area contributed by atoms with Crippen molar-refractivity contribution in [3.8, 4) is 17.2 Å². The lowest BCUT2D eigenvalue weighted by Gasteiger charge is -2.18. The van der Waals surface area contributed by atoms with E-state index in [1.54, 1.807) is 24.3 Å². The van der Waals surface area contributed by atoms with Gasteiger partial charge in [0.25, 0.3) is 0 Å². The number of fused-ring (bicyclic) bond motifs is 2. The number of benzene rings is 5. The summed E-state index contributed by atoms with van der Waals surface area (Å²) in [6, 6.07) is 37.1. The van der Waals surface area contributed by atoms with Crippen molar-refractivity contribution in [3.05, 3.63) is 167 Å². The molecule has 43 heavy (non-hydrogen) atoms. The first-order valence-corrected chi connectivity index (χ1v) is 13.8. The third-order valence-corrected chi connectivity index (χ3v) is 7.04. The Bertz CT molecular complexity index is 1780. The molecule has 212 valence electrons. The molecule has 0 atom stereocenters. The SMILES string of the molecule is C=C1c2c(OCc3ccccc3)cc(C(=O)OCc3ccccc3)cc2OC(=O)c2cccc(OCc3ccccc3)c21. The van der Waals surface area contributed by atoms with E-state index in [4.69, 9.17) is 18.9 Å². The molecule has 1 heterocycles. The van der Waals surface area contributed by atoms with Gasteiger partial charge in [-0.25, -0.2) is 9.59 Å². The quantitative estimate of drug-likeness (QED) is 0.134. The van der Waals surface area contributed by atoms with Crippen LogP contribution in [0.25, 0.3) is 5.57 Å². The normalized spacial score (nSPS) is 11.9. The van der Waals surface area contributed by atoms with E-state index in [9.17, 15) is 9.59 Å². The Morgan fingerprint density at radius 1 is 0.628 bits per heavy atom. The topological polar surface area (TPSA) is 71.1 Å². The maximum Gasteiger partial charge on any atom is 0.344 e. The fourth-order valence-electron chi connectivity index (χ4n) is 4.89. The molecule has 6 nitrogen and oxygen atoms in total. The molecule has 0 fully saturated rings. The summed E-state index contributed by atoms with van der Waals surface area (Å²) < 4.78 is 24.0.